The Kier molecular flexibility index (Phi) is 4.94. The van der Waals surface area contributed by atoms with Crippen LogP contribution in [0.1, 0.15) is 13.3 Å². The summed E-state index contributed by atoms with van der Waals surface area (Å²) in [7, 11) is 3.85. The van der Waals surface area contributed by atoms with Crippen LogP contribution in [-0.2, 0) is 9.53 Å². The van der Waals surface area contributed by atoms with Gasteiger partial charge in [-0.2, -0.15) is 0 Å². The second-order valence-corrected chi connectivity index (χ2v) is 2.60. The first kappa shape index (κ1) is 9.43. The Morgan fingerprint density at radius 1 is 1.50 bits per heavy atom. The van der Waals surface area contributed by atoms with Crippen LogP contribution in [0.3, 0.4) is 0 Å². The Morgan fingerprint density at radius 2 is 2.10 bits per heavy atom. The van der Waals surface area contributed by atoms with Gasteiger partial charge in [0.05, 0.1) is 20.7 Å². The number of rotatable bonds is 4. The normalized spacial score (nSPS) is 10.0. The Labute approximate surface area is 62.0 Å². The number of likely N-dealkylation sites (N-methyl/N-ethyl adjacent to an activating group) is 1. The fourth-order valence-corrected chi connectivity index (χ4v) is 0.556. The van der Waals surface area contributed by atoms with Crippen molar-refractivity contribution in [2.24, 2.45) is 0 Å². The molecule has 1 N–H and O–H groups in total. The third kappa shape index (κ3) is 5.56. The second-order valence-electron chi connectivity index (χ2n) is 2.60. The third-order valence-electron chi connectivity index (χ3n) is 0.965. The smallest absolute Gasteiger partial charge is 0.361 e. The van der Waals surface area contributed by atoms with E-state index in [4.69, 9.17) is 4.74 Å². The molecule has 0 rings (SSSR count). The maximum atomic E-state index is 10.8. The van der Waals surface area contributed by atoms with Crippen LogP contribution in [0.15, 0.2) is 0 Å². The van der Waals surface area contributed by atoms with Crippen LogP contribution in [0.2, 0.25) is 0 Å². The molecule has 0 aromatic carbocycles. The lowest BCUT2D eigenvalue weighted by Crippen LogP contribution is -3.06. The van der Waals surface area contributed by atoms with Crippen molar-refractivity contribution in [1.82, 2.24) is 0 Å². The van der Waals surface area contributed by atoms with E-state index in [0.717, 1.165) is 11.3 Å². The largest absolute Gasteiger partial charge is 0.462 e. The molecule has 0 aromatic heterocycles. The average molecular weight is 146 g/mol. The van der Waals surface area contributed by atoms with Gasteiger partial charge in [-0.1, -0.05) is 6.92 Å². The van der Waals surface area contributed by atoms with Gasteiger partial charge in [0.15, 0.2) is 6.54 Å². The second kappa shape index (κ2) is 5.23. The number of carbonyl (C=O) groups excluding carboxylic acids is 1. The molecular weight excluding hydrogens is 130 g/mol. The van der Waals surface area contributed by atoms with Crippen molar-refractivity contribution in [1.29, 1.82) is 0 Å². The predicted octanol–water partition coefficient (Wildman–Crippen LogP) is -0.916. The van der Waals surface area contributed by atoms with E-state index < -0.39 is 0 Å². The summed E-state index contributed by atoms with van der Waals surface area (Å²) in [5.74, 6) is -0.109. The molecule has 3 heteroatoms. The zero-order valence-electron chi connectivity index (χ0n) is 6.94. The Hall–Kier alpha value is -0.570. The molecule has 0 aliphatic heterocycles. The molecule has 3 nitrogen and oxygen atoms in total. The molecule has 0 fully saturated rings. The van der Waals surface area contributed by atoms with Gasteiger partial charge in [0, 0.05) is 0 Å². The molecule has 0 amide bonds. The van der Waals surface area contributed by atoms with Crippen LogP contribution < -0.4 is 4.90 Å². The molecule has 60 valence electrons. The van der Waals surface area contributed by atoms with Crippen molar-refractivity contribution in [3.05, 3.63) is 0 Å². The Bertz CT molecular complexity index is 102. The van der Waals surface area contributed by atoms with E-state index in [-0.39, 0.29) is 5.97 Å². The van der Waals surface area contributed by atoms with Crippen LogP contribution in [0, 0.1) is 0 Å². The summed E-state index contributed by atoms with van der Waals surface area (Å²) in [5.41, 5.74) is 0. The monoisotopic (exact) mass is 146 g/mol. The lowest BCUT2D eigenvalue weighted by molar-refractivity contribution is -0.850. The van der Waals surface area contributed by atoms with Gasteiger partial charge in [-0.15, -0.1) is 0 Å². The number of hydrogen-bond acceptors (Lipinski definition) is 2. The number of nitrogens with one attached hydrogen (secondary N) is 1. The maximum Gasteiger partial charge on any atom is 0.361 e. The van der Waals surface area contributed by atoms with E-state index in [9.17, 15) is 4.79 Å². The molecule has 0 aliphatic carbocycles. The lowest BCUT2D eigenvalue weighted by atomic mass is 10.5. The number of hydrogen-bond donors (Lipinski definition) is 1. The summed E-state index contributed by atoms with van der Waals surface area (Å²) in [6.07, 6.45) is 0.897. The summed E-state index contributed by atoms with van der Waals surface area (Å²) in [6, 6.07) is 0. The first-order valence-electron chi connectivity index (χ1n) is 3.61. The molecule has 0 heterocycles. The summed E-state index contributed by atoms with van der Waals surface area (Å²) < 4.78 is 4.84. The summed E-state index contributed by atoms with van der Waals surface area (Å²) >= 11 is 0. The number of quaternary nitrogens is 1. The maximum absolute atomic E-state index is 10.8. The Morgan fingerprint density at radius 3 is 2.50 bits per heavy atom. The quantitative estimate of drug-likeness (QED) is 0.520. The fraction of sp³-hybridized carbons (Fsp3) is 0.857. The van der Waals surface area contributed by atoms with Crippen molar-refractivity contribution >= 4 is 5.97 Å². The first-order valence-corrected chi connectivity index (χ1v) is 3.61. The van der Waals surface area contributed by atoms with Crippen LogP contribution in [0.5, 0.6) is 0 Å². The van der Waals surface area contributed by atoms with E-state index in [1.807, 2.05) is 21.0 Å². The molecule has 0 bridgehead atoms. The van der Waals surface area contributed by atoms with Crippen molar-refractivity contribution in [2.75, 3.05) is 27.2 Å². The molecular formula is C7H16NO2+. The number of esters is 1. The van der Waals surface area contributed by atoms with Crippen LogP contribution in [-0.4, -0.2) is 33.2 Å². The van der Waals surface area contributed by atoms with Crippen LogP contribution in [0.25, 0.3) is 0 Å². The minimum absolute atomic E-state index is 0.109. The molecule has 0 atom stereocenters. The van der Waals surface area contributed by atoms with Crippen LogP contribution in [0.4, 0.5) is 0 Å². The van der Waals surface area contributed by atoms with Gasteiger partial charge in [0.1, 0.15) is 0 Å². The topological polar surface area (TPSA) is 30.7 Å². The lowest BCUT2D eigenvalue weighted by Gasteiger charge is -2.05. The van der Waals surface area contributed by atoms with Gasteiger partial charge in [0.25, 0.3) is 0 Å². The highest BCUT2D eigenvalue weighted by atomic mass is 16.5. The SMILES string of the molecule is CCCOC(=O)C[NH+](C)C. The molecule has 0 saturated carbocycles. The molecule has 0 aliphatic rings. The van der Waals surface area contributed by atoms with Gasteiger partial charge >= 0.3 is 5.97 Å². The molecule has 0 saturated heterocycles. The summed E-state index contributed by atoms with van der Waals surface area (Å²) in [4.78, 5) is 11.9. The van der Waals surface area contributed by atoms with Crippen molar-refractivity contribution in [3.63, 3.8) is 0 Å². The van der Waals surface area contributed by atoms with Crippen molar-refractivity contribution < 1.29 is 14.4 Å². The van der Waals surface area contributed by atoms with Gasteiger partial charge in [-0.05, 0) is 6.42 Å². The average Bonchev–Trinajstić information content (AvgIpc) is 1.82. The van der Waals surface area contributed by atoms with Crippen molar-refractivity contribution in [3.8, 4) is 0 Å². The predicted molar refractivity (Wildman–Crippen MR) is 38.9 cm³/mol. The summed E-state index contributed by atoms with van der Waals surface area (Å²) in [6.45, 7) is 2.99. The Balaban J connectivity index is 3.26. The van der Waals surface area contributed by atoms with E-state index >= 15 is 0 Å². The highest BCUT2D eigenvalue weighted by Crippen LogP contribution is 1.78. The van der Waals surface area contributed by atoms with Crippen molar-refractivity contribution in [2.45, 2.75) is 13.3 Å². The number of ether oxygens (including phenoxy) is 1. The molecule has 0 spiro atoms. The molecule has 0 radical (unpaired) electrons. The van der Waals surface area contributed by atoms with E-state index in [1.54, 1.807) is 0 Å². The fourth-order valence-electron chi connectivity index (χ4n) is 0.556. The summed E-state index contributed by atoms with van der Waals surface area (Å²) in [5, 5.41) is 0. The van der Waals surface area contributed by atoms with E-state index in [0.29, 0.717) is 13.2 Å². The highest BCUT2D eigenvalue weighted by Gasteiger charge is 2.04. The highest BCUT2D eigenvalue weighted by molar-refractivity contribution is 5.70. The van der Waals surface area contributed by atoms with E-state index in [1.165, 1.54) is 0 Å². The molecule has 0 unspecified atom stereocenters. The van der Waals surface area contributed by atoms with Gasteiger partial charge in [-0.3, -0.25) is 0 Å². The third-order valence-corrected chi connectivity index (χ3v) is 0.965. The zero-order chi connectivity index (χ0) is 7.98. The molecule has 0 aromatic rings. The van der Waals surface area contributed by atoms with Gasteiger partial charge < -0.3 is 9.64 Å². The van der Waals surface area contributed by atoms with E-state index in [2.05, 4.69) is 0 Å². The number of carbonyl (C=O) groups is 1. The first-order chi connectivity index (χ1) is 4.66. The standard InChI is InChI=1S/C7H15NO2/c1-4-5-10-7(9)6-8(2)3/h4-6H2,1-3H3/p+1. The zero-order valence-corrected chi connectivity index (χ0v) is 6.94. The molecule has 10 heavy (non-hydrogen) atoms. The minimum atomic E-state index is -0.109. The van der Waals surface area contributed by atoms with Gasteiger partial charge in [0.2, 0.25) is 0 Å². The van der Waals surface area contributed by atoms with Crippen LogP contribution >= 0.6 is 0 Å². The minimum Gasteiger partial charge on any atom is -0.462 e. The van der Waals surface area contributed by atoms with Gasteiger partial charge in [-0.25, -0.2) is 4.79 Å².